The van der Waals surface area contributed by atoms with Crippen LogP contribution in [0, 0.1) is 5.82 Å². The molecule has 1 atom stereocenters. The van der Waals surface area contributed by atoms with Crippen molar-refractivity contribution in [2.45, 2.75) is 31.1 Å². The van der Waals surface area contributed by atoms with E-state index < -0.39 is 0 Å². The van der Waals surface area contributed by atoms with E-state index in [9.17, 15) is 9.18 Å². The van der Waals surface area contributed by atoms with Gasteiger partial charge >= 0.3 is 0 Å². The molecular weight excluding hydrogens is 371 g/mol. The number of hydrogen-bond acceptors (Lipinski definition) is 5. The van der Waals surface area contributed by atoms with Crippen LogP contribution >= 0.6 is 23.1 Å². The van der Waals surface area contributed by atoms with Crippen molar-refractivity contribution < 1.29 is 9.18 Å². The van der Waals surface area contributed by atoms with Crippen molar-refractivity contribution in [2.24, 2.45) is 0 Å². The predicted octanol–water partition coefficient (Wildman–Crippen LogP) is 4.06. The smallest absolute Gasteiger partial charge is 0.231 e. The zero-order valence-electron chi connectivity index (χ0n) is 14.4. The fraction of sp³-hybridized carbons (Fsp3) is 0.278. The van der Waals surface area contributed by atoms with Gasteiger partial charge in [0.2, 0.25) is 5.91 Å². The minimum Gasteiger partial charge on any atom is -0.344 e. The first-order valence-electron chi connectivity index (χ1n) is 8.15. The fourth-order valence-corrected chi connectivity index (χ4v) is 4.11. The molecule has 0 fully saturated rings. The molecule has 136 valence electrons. The van der Waals surface area contributed by atoms with Crippen LogP contribution in [0.25, 0.3) is 0 Å². The number of nitrogens with zero attached hydrogens (tertiary/aromatic N) is 3. The largest absolute Gasteiger partial charge is 0.344 e. The van der Waals surface area contributed by atoms with Crippen molar-refractivity contribution in [3.63, 3.8) is 0 Å². The maximum Gasteiger partial charge on any atom is 0.231 e. The van der Waals surface area contributed by atoms with Crippen LogP contribution in [0.15, 0.2) is 53.3 Å². The minimum absolute atomic E-state index is 0.115. The first-order chi connectivity index (χ1) is 12.5. The van der Waals surface area contributed by atoms with Crippen LogP contribution in [-0.4, -0.2) is 26.4 Å². The molecule has 1 N–H and O–H groups in total. The topological polar surface area (TPSA) is 59.8 Å². The lowest BCUT2D eigenvalue weighted by atomic mass is 10.1. The highest BCUT2D eigenvalue weighted by Crippen LogP contribution is 2.27. The summed E-state index contributed by atoms with van der Waals surface area (Å²) in [5, 5.41) is 13.7. The molecule has 2 aromatic heterocycles. The number of rotatable bonds is 7. The highest BCUT2D eigenvalue weighted by atomic mass is 32.2. The average molecular weight is 391 g/mol. The molecule has 0 spiro atoms. The third kappa shape index (κ3) is 4.50. The van der Waals surface area contributed by atoms with E-state index in [4.69, 9.17) is 0 Å². The Morgan fingerprint density at radius 2 is 2.08 bits per heavy atom. The number of hydrogen-bond donors (Lipinski definition) is 1. The second kappa shape index (κ2) is 8.46. The number of nitrogens with one attached hydrogen (secondary N) is 1. The second-order valence-corrected chi connectivity index (χ2v) is 7.89. The molecule has 0 saturated carbocycles. The molecule has 1 amide bonds. The average Bonchev–Trinajstić information content (AvgIpc) is 3.30. The van der Waals surface area contributed by atoms with E-state index in [0.717, 1.165) is 10.4 Å². The maximum atomic E-state index is 13.2. The van der Waals surface area contributed by atoms with E-state index in [0.29, 0.717) is 5.16 Å². The molecule has 5 nitrogen and oxygen atoms in total. The standard InChI is InChI=1S/C18H19FN4OS2/c1-12(2)23-11-20-22-18(23)26-10-16(24)21-17(15-4-3-9-25-15)13-5-7-14(19)8-6-13/h3-9,11-12,17H,10H2,1-2H3,(H,21,24)/t17-/m0/s1. The van der Waals surface area contributed by atoms with Gasteiger partial charge in [-0.2, -0.15) is 0 Å². The molecule has 2 heterocycles. The molecule has 0 bridgehead atoms. The lowest BCUT2D eigenvalue weighted by molar-refractivity contribution is -0.119. The number of halogens is 1. The summed E-state index contributed by atoms with van der Waals surface area (Å²) >= 11 is 2.90. The van der Waals surface area contributed by atoms with Gasteiger partial charge < -0.3 is 9.88 Å². The van der Waals surface area contributed by atoms with E-state index in [-0.39, 0.29) is 29.6 Å². The van der Waals surface area contributed by atoms with Gasteiger partial charge in [-0.05, 0) is 43.0 Å². The zero-order valence-corrected chi connectivity index (χ0v) is 16.1. The van der Waals surface area contributed by atoms with Gasteiger partial charge in [-0.25, -0.2) is 4.39 Å². The summed E-state index contributed by atoms with van der Waals surface area (Å²) in [7, 11) is 0. The molecule has 0 unspecified atom stereocenters. The zero-order chi connectivity index (χ0) is 18.5. The number of amides is 1. The Kier molecular flexibility index (Phi) is 6.05. The summed E-state index contributed by atoms with van der Waals surface area (Å²) in [5.41, 5.74) is 0.845. The molecule has 0 saturated heterocycles. The molecule has 0 radical (unpaired) electrons. The molecule has 3 rings (SSSR count). The maximum absolute atomic E-state index is 13.2. The Hall–Kier alpha value is -2.19. The number of benzene rings is 1. The molecule has 3 aromatic rings. The van der Waals surface area contributed by atoms with Gasteiger partial charge in [0.1, 0.15) is 12.1 Å². The number of thioether (sulfide) groups is 1. The van der Waals surface area contributed by atoms with Crippen molar-refractivity contribution in [3.8, 4) is 0 Å². The van der Waals surface area contributed by atoms with E-state index >= 15 is 0 Å². The van der Waals surface area contributed by atoms with Crippen LogP contribution < -0.4 is 5.32 Å². The van der Waals surface area contributed by atoms with Gasteiger partial charge in [-0.15, -0.1) is 21.5 Å². The third-order valence-electron chi connectivity index (χ3n) is 3.77. The number of thiophene rings is 1. The van der Waals surface area contributed by atoms with Crippen molar-refractivity contribution in [2.75, 3.05) is 5.75 Å². The summed E-state index contributed by atoms with van der Waals surface area (Å²) in [6, 6.07) is 10.0. The van der Waals surface area contributed by atoms with Crippen molar-refractivity contribution in [1.82, 2.24) is 20.1 Å². The van der Waals surface area contributed by atoms with E-state index in [1.54, 1.807) is 29.8 Å². The summed E-state index contributed by atoms with van der Waals surface area (Å²) in [4.78, 5) is 13.5. The van der Waals surface area contributed by atoms with Crippen LogP contribution in [0.5, 0.6) is 0 Å². The predicted molar refractivity (Wildman–Crippen MR) is 102 cm³/mol. The molecule has 0 aliphatic rings. The van der Waals surface area contributed by atoms with Crippen molar-refractivity contribution in [1.29, 1.82) is 0 Å². The first kappa shape index (κ1) is 18.6. The first-order valence-corrected chi connectivity index (χ1v) is 10.0. The quantitative estimate of drug-likeness (QED) is 0.618. The summed E-state index contributed by atoms with van der Waals surface area (Å²) in [6.07, 6.45) is 1.66. The van der Waals surface area contributed by atoms with Gasteiger partial charge in [0.25, 0.3) is 0 Å². The summed E-state index contributed by atoms with van der Waals surface area (Å²) in [6.45, 7) is 4.07. The third-order valence-corrected chi connectivity index (χ3v) is 5.66. The van der Waals surface area contributed by atoms with Gasteiger partial charge in [-0.1, -0.05) is 30.0 Å². The van der Waals surface area contributed by atoms with E-state index in [1.165, 1.54) is 23.9 Å². The Balaban J connectivity index is 1.69. The van der Waals surface area contributed by atoms with Gasteiger partial charge in [0, 0.05) is 10.9 Å². The molecule has 0 aliphatic heterocycles. The van der Waals surface area contributed by atoms with Crippen molar-refractivity contribution in [3.05, 3.63) is 64.4 Å². The van der Waals surface area contributed by atoms with Gasteiger partial charge in [-0.3, -0.25) is 4.79 Å². The second-order valence-electron chi connectivity index (χ2n) is 5.97. The van der Waals surface area contributed by atoms with Crippen LogP contribution in [0.2, 0.25) is 0 Å². The van der Waals surface area contributed by atoms with Gasteiger partial charge in [0.05, 0.1) is 11.8 Å². The molecular formula is C18H19FN4OS2. The van der Waals surface area contributed by atoms with Crippen LogP contribution in [-0.2, 0) is 4.79 Å². The Morgan fingerprint density at radius 3 is 2.73 bits per heavy atom. The lowest BCUT2D eigenvalue weighted by Crippen LogP contribution is -2.30. The SMILES string of the molecule is CC(C)n1cnnc1SCC(=O)N[C@@H](c1ccc(F)cc1)c1cccs1. The molecule has 8 heteroatoms. The normalized spacial score (nSPS) is 12.3. The molecule has 26 heavy (non-hydrogen) atoms. The highest BCUT2D eigenvalue weighted by Gasteiger charge is 2.19. The van der Waals surface area contributed by atoms with Crippen molar-refractivity contribution >= 4 is 29.0 Å². The highest BCUT2D eigenvalue weighted by molar-refractivity contribution is 7.99. The molecule has 1 aromatic carbocycles. The van der Waals surface area contributed by atoms with Crippen LogP contribution in [0.4, 0.5) is 4.39 Å². The summed E-state index contributed by atoms with van der Waals surface area (Å²) < 4.78 is 15.2. The van der Waals surface area contributed by atoms with Crippen LogP contribution in [0.1, 0.15) is 36.4 Å². The monoisotopic (exact) mass is 390 g/mol. The number of carbonyl (C=O) groups is 1. The Bertz CT molecular complexity index is 846. The number of aromatic nitrogens is 3. The fourth-order valence-electron chi connectivity index (χ4n) is 2.45. The minimum atomic E-state index is -0.299. The number of carbonyl (C=O) groups excluding carboxylic acids is 1. The molecule has 0 aliphatic carbocycles. The lowest BCUT2D eigenvalue weighted by Gasteiger charge is -2.18. The van der Waals surface area contributed by atoms with E-state index in [1.807, 2.05) is 35.9 Å². The Morgan fingerprint density at radius 1 is 1.31 bits per heavy atom. The van der Waals surface area contributed by atoms with Gasteiger partial charge in [0.15, 0.2) is 5.16 Å². The van der Waals surface area contributed by atoms with E-state index in [2.05, 4.69) is 15.5 Å². The van der Waals surface area contributed by atoms with Crippen LogP contribution in [0.3, 0.4) is 0 Å². The summed E-state index contributed by atoms with van der Waals surface area (Å²) in [5.74, 6) is -0.182. The Labute approximate surface area is 159 Å².